The Morgan fingerprint density at radius 2 is 2.07 bits per heavy atom. The molecular weight excluding hydrogens is 397 g/mol. The number of carbonyl (C=O) groups excluding carboxylic acids is 1. The molecule has 4 heterocycles. The maximum Gasteiger partial charge on any atom is 0.254 e. The lowest BCUT2D eigenvalue weighted by Crippen LogP contribution is -2.48. The number of nitrogens with zero attached hydrogens (tertiary/aromatic N) is 6. The fraction of sp³-hybridized carbons (Fsp3) is 0.333. The summed E-state index contributed by atoms with van der Waals surface area (Å²) in [5.41, 5.74) is 0.279. The number of anilines is 1. The fourth-order valence-electron chi connectivity index (χ4n) is 3.47. The SMILES string of the molecule is [B]c1cc(C(=O)N2CCn3c(nnc3-c3nc(N4CC(F)C4)cs3)C2)ccc1F. The Bertz CT molecular complexity index is 1100. The highest BCUT2D eigenvalue weighted by molar-refractivity contribution is 7.13. The second-order valence-corrected chi connectivity index (χ2v) is 7.93. The Hall–Kier alpha value is -2.82. The van der Waals surface area contributed by atoms with E-state index >= 15 is 0 Å². The molecule has 0 atom stereocenters. The lowest BCUT2D eigenvalue weighted by atomic mass is 9.93. The number of aromatic nitrogens is 4. The van der Waals surface area contributed by atoms with Gasteiger partial charge in [-0.15, -0.1) is 21.5 Å². The summed E-state index contributed by atoms with van der Waals surface area (Å²) in [6, 6.07) is 3.96. The summed E-state index contributed by atoms with van der Waals surface area (Å²) in [5, 5.41) is 11.1. The van der Waals surface area contributed by atoms with E-state index in [1.807, 2.05) is 14.8 Å². The van der Waals surface area contributed by atoms with Crippen LogP contribution in [-0.2, 0) is 13.1 Å². The van der Waals surface area contributed by atoms with E-state index in [-0.39, 0.29) is 17.9 Å². The maximum absolute atomic E-state index is 13.4. The minimum absolute atomic E-state index is 0.0563. The van der Waals surface area contributed by atoms with Crippen LogP contribution in [0.2, 0.25) is 0 Å². The van der Waals surface area contributed by atoms with E-state index in [2.05, 4.69) is 15.2 Å². The van der Waals surface area contributed by atoms with Crippen LogP contribution in [0.3, 0.4) is 0 Å². The minimum atomic E-state index is -0.791. The summed E-state index contributed by atoms with van der Waals surface area (Å²) < 4.78 is 28.4. The number of alkyl halides is 1. The molecule has 29 heavy (non-hydrogen) atoms. The minimum Gasteiger partial charge on any atom is -0.350 e. The van der Waals surface area contributed by atoms with Crippen LogP contribution >= 0.6 is 11.3 Å². The van der Waals surface area contributed by atoms with Crippen LogP contribution in [0.4, 0.5) is 14.6 Å². The second-order valence-electron chi connectivity index (χ2n) is 7.07. The molecule has 11 heteroatoms. The Kier molecular flexibility index (Phi) is 4.34. The number of hydrogen-bond donors (Lipinski definition) is 0. The van der Waals surface area contributed by atoms with Crippen molar-refractivity contribution in [1.29, 1.82) is 0 Å². The normalized spacial score (nSPS) is 16.6. The van der Waals surface area contributed by atoms with E-state index in [1.54, 1.807) is 4.90 Å². The van der Waals surface area contributed by atoms with Gasteiger partial charge in [0.25, 0.3) is 5.91 Å². The van der Waals surface area contributed by atoms with Gasteiger partial charge >= 0.3 is 0 Å². The van der Waals surface area contributed by atoms with Crippen molar-refractivity contribution in [2.24, 2.45) is 0 Å². The smallest absolute Gasteiger partial charge is 0.254 e. The highest BCUT2D eigenvalue weighted by atomic mass is 32.1. The highest BCUT2D eigenvalue weighted by Gasteiger charge is 2.30. The summed E-state index contributed by atoms with van der Waals surface area (Å²) >= 11 is 1.44. The predicted molar refractivity (Wildman–Crippen MR) is 105 cm³/mol. The van der Waals surface area contributed by atoms with Gasteiger partial charge in [0.15, 0.2) is 16.7 Å². The Balaban J connectivity index is 1.34. The number of carbonyl (C=O) groups is 1. The molecule has 0 unspecified atom stereocenters. The standard InChI is InChI=1S/C18H15BF2N6OS/c19-12-5-10(1-2-13(12)21)18(28)25-3-4-27-14(8-25)23-24-16(27)17-22-15(9-29-17)26-6-11(20)7-26/h1-2,5,9,11H,3-4,6-8H2. The van der Waals surface area contributed by atoms with Crippen LogP contribution in [0.5, 0.6) is 0 Å². The van der Waals surface area contributed by atoms with Crippen LogP contribution in [0.15, 0.2) is 23.6 Å². The third-order valence-corrected chi connectivity index (χ3v) is 5.95. The molecule has 0 spiro atoms. The van der Waals surface area contributed by atoms with Gasteiger partial charge in [0.2, 0.25) is 0 Å². The highest BCUT2D eigenvalue weighted by Crippen LogP contribution is 2.30. The number of fused-ring (bicyclic) bond motifs is 1. The summed E-state index contributed by atoms with van der Waals surface area (Å²) in [5.74, 6) is 1.26. The van der Waals surface area contributed by atoms with Crippen molar-refractivity contribution >= 4 is 36.4 Å². The Morgan fingerprint density at radius 3 is 2.83 bits per heavy atom. The molecule has 1 amide bonds. The first-order chi connectivity index (χ1) is 14.0. The van der Waals surface area contributed by atoms with Crippen LogP contribution in [-0.4, -0.2) is 64.2 Å². The van der Waals surface area contributed by atoms with Crippen molar-refractivity contribution in [1.82, 2.24) is 24.6 Å². The molecule has 1 saturated heterocycles. The van der Waals surface area contributed by atoms with E-state index in [0.29, 0.717) is 48.4 Å². The van der Waals surface area contributed by atoms with E-state index in [1.165, 1.54) is 29.5 Å². The molecule has 0 bridgehead atoms. The summed E-state index contributed by atoms with van der Waals surface area (Å²) in [4.78, 5) is 20.8. The third-order valence-electron chi connectivity index (χ3n) is 5.13. The molecule has 1 fully saturated rings. The van der Waals surface area contributed by atoms with Gasteiger partial charge in [-0.2, -0.15) is 0 Å². The molecule has 2 radical (unpaired) electrons. The van der Waals surface area contributed by atoms with E-state index < -0.39 is 12.0 Å². The van der Waals surface area contributed by atoms with Gasteiger partial charge in [0.05, 0.1) is 19.6 Å². The van der Waals surface area contributed by atoms with Gasteiger partial charge in [-0.3, -0.25) is 4.79 Å². The average Bonchev–Trinajstić information content (AvgIpc) is 3.33. The first kappa shape index (κ1) is 18.2. The van der Waals surface area contributed by atoms with Crippen molar-refractivity contribution < 1.29 is 13.6 Å². The molecular formula is C18H15BF2N6OS. The molecule has 0 saturated carbocycles. The monoisotopic (exact) mass is 412 g/mol. The number of rotatable bonds is 3. The van der Waals surface area contributed by atoms with Crippen molar-refractivity contribution in [3.8, 4) is 10.8 Å². The topological polar surface area (TPSA) is 67.2 Å². The number of hydrogen-bond acceptors (Lipinski definition) is 6. The van der Waals surface area contributed by atoms with Crippen molar-refractivity contribution in [3.05, 3.63) is 40.8 Å². The lowest BCUT2D eigenvalue weighted by molar-refractivity contribution is 0.0708. The molecule has 5 rings (SSSR count). The maximum atomic E-state index is 13.4. The van der Waals surface area contributed by atoms with Crippen LogP contribution < -0.4 is 10.4 Å². The molecule has 146 valence electrons. The number of benzene rings is 1. The zero-order valence-electron chi connectivity index (χ0n) is 15.3. The van der Waals surface area contributed by atoms with E-state index in [9.17, 15) is 13.6 Å². The van der Waals surface area contributed by atoms with Gasteiger partial charge in [0.1, 0.15) is 25.7 Å². The molecule has 1 aromatic carbocycles. The predicted octanol–water partition coefficient (Wildman–Crippen LogP) is 1.15. The van der Waals surface area contributed by atoms with Gasteiger partial charge < -0.3 is 14.4 Å². The molecule has 0 aliphatic carbocycles. The van der Waals surface area contributed by atoms with Gasteiger partial charge in [-0.05, 0) is 12.1 Å². The number of amides is 1. The Labute approximate surface area is 170 Å². The van der Waals surface area contributed by atoms with Crippen LogP contribution in [0.25, 0.3) is 10.8 Å². The van der Waals surface area contributed by atoms with Crippen LogP contribution in [0.1, 0.15) is 16.2 Å². The van der Waals surface area contributed by atoms with Gasteiger partial charge in [-0.25, -0.2) is 13.8 Å². The zero-order valence-corrected chi connectivity index (χ0v) is 16.1. The Morgan fingerprint density at radius 1 is 1.24 bits per heavy atom. The molecule has 2 aromatic heterocycles. The summed E-state index contributed by atoms with van der Waals surface area (Å²) in [6.45, 7) is 2.00. The van der Waals surface area contributed by atoms with E-state index in [0.717, 1.165) is 5.82 Å². The molecule has 3 aromatic rings. The molecule has 0 N–H and O–H groups in total. The molecule has 7 nitrogen and oxygen atoms in total. The third kappa shape index (κ3) is 3.19. The molecule has 2 aliphatic rings. The number of halogens is 2. The van der Waals surface area contributed by atoms with Crippen molar-refractivity contribution in [2.45, 2.75) is 19.3 Å². The fourth-order valence-corrected chi connectivity index (χ4v) is 4.30. The lowest BCUT2D eigenvalue weighted by Gasteiger charge is -2.34. The zero-order chi connectivity index (χ0) is 20.1. The average molecular weight is 412 g/mol. The summed E-state index contributed by atoms with van der Waals surface area (Å²) in [7, 11) is 5.58. The van der Waals surface area contributed by atoms with Gasteiger partial charge in [0, 0.05) is 24.0 Å². The largest absolute Gasteiger partial charge is 0.350 e. The summed E-state index contributed by atoms with van der Waals surface area (Å²) in [6.07, 6.45) is -0.791. The van der Waals surface area contributed by atoms with Gasteiger partial charge in [-0.1, -0.05) is 11.5 Å². The van der Waals surface area contributed by atoms with Crippen LogP contribution in [0, 0.1) is 5.82 Å². The van der Waals surface area contributed by atoms with Crippen molar-refractivity contribution in [3.63, 3.8) is 0 Å². The quantitative estimate of drug-likeness (QED) is 0.604. The first-order valence-electron chi connectivity index (χ1n) is 9.11. The molecule has 2 aliphatic heterocycles. The van der Waals surface area contributed by atoms with Crippen molar-refractivity contribution in [2.75, 3.05) is 24.5 Å². The second kappa shape index (κ2) is 6.91. The first-order valence-corrected chi connectivity index (χ1v) is 9.99. The van der Waals surface area contributed by atoms with E-state index in [4.69, 9.17) is 7.85 Å². The number of thiazole rings is 1.